The van der Waals surface area contributed by atoms with Gasteiger partial charge in [0.05, 0.1) is 0 Å². The van der Waals surface area contributed by atoms with Gasteiger partial charge >= 0.3 is 0 Å². The lowest BCUT2D eigenvalue weighted by Crippen LogP contribution is -2.18. The molecule has 0 saturated heterocycles. The van der Waals surface area contributed by atoms with Crippen molar-refractivity contribution >= 4 is 0 Å². The van der Waals surface area contributed by atoms with Crippen molar-refractivity contribution in [1.82, 2.24) is 5.32 Å². The van der Waals surface area contributed by atoms with E-state index in [2.05, 4.69) is 5.32 Å². The predicted molar refractivity (Wildman–Crippen MR) is 53.2 cm³/mol. The van der Waals surface area contributed by atoms with Gasteiger partial charge in [-0.2, -0.15) is 0 Å². The fraction of sp³-hybridized carbons (Fsp3) is 0.455. The van der Waals surface area contributed by atoms with Gasteiger partial charge in [0.25, 0.3) is 0 Å². The minimum atomic E-state index is -0.117. The Morgan fingerprint density at radius 3 is 2.69 bits per heavy atom. The molecule has 1 aromatic carbocycles. The predicted octanol–water partition coefficient (Wildman–Crippen LogP) is 2.80. The summed E-state index contributed by atoms with van der Waals surface area (Å²) in [7, 11) is 0. The van der Waals surface area contributed by atoms with Gasteiger partial charge in [0.2, 0.25) is 0 Å². The minimum absolute atomic E-state index is 0.0885. The zero-order valence-corrected chi connectivity index (χ0v) is 8.39. The topological polar surface area (TPSA) is 12.0 Å². The molecule has 1 nitrogen and oxygen atoms in total. The minimum Gasteiger partial charge on any atom is -0.310 e. The van der Waals surface area contributed by atoms with E-state index in [1.165, 1.54) is 0 Å². The molecule has 0 spiro atoms. The summed E-state index contributed by atoms with van der Waals surface area (Å²) in [4.78, 5) is 0. The van der Waals surface area contributed by atoms with Crippen LogP contribution in [0.25, 0.3) is 0 Å². The Bertz CT molecular complexity index is 283. The molecular formula is C11H16FN. The lowest BCUT2D eigenvalue weighted by atomic mass is 10.1. The van der Waals surface area contributed by atoms with Gasteiger partial charge < -0.3 is 5.32 Å². The zero-order chi connectivity index (χ0) is 9.84. The largest absolute Gasteiger partial charge is 0.310 e. The molecule has 1 aromatic rings. The Morgan fingerprint density at radius 2 is 2.15 bits per heavy atom. The summed E-state index contributed by atoms with van der Waals surface area (Å²) < 4.78 is 13.4. The lowest BCUT2D eigenvalue weighted by Gasteiger charge is -2.13. The van der Waals surface area contributed by atoms with Crippen molar-refractivity contribution in [2.45, 2.75) is 26.8 Å². The molecule has 0 aliphatic heterocycles. The van der Waals surface area contributed by atoms with Crippen molar-refractivity contribution in [3.63, 3.8) is 0 Å². The number of nitrogens with one attached hydrogen (secondary N) is 1. The van der Waals surface area contributed by atoms with E-state index in [-0.39, 0.29) is 11.9 Å². The van der Waals surface area contributed by atoms with Gasteiger partial charge in [0.15, 0.2) is 0 Å². The highest BCUT2D eigenvalue weighted by Gasteiger charge is 2.08. The molecule has 0 heterocycles. The highest BCUT2D eigenvalue weighted by atomic mass is 19.1. The Hall–Kier alpha value is -0.890. The van der Waals surface area contributed by atoms with Crippen molar-refractivity contribution in [2.75, 3.05) is 6.54 Å². The third kappa shape index (κ3) is 2.52. The number of aryl methyl sites for hydroxylation is 1. The normalized spacial score (nSPS) is 12.9. The van der Waals surface area contributed by atoms with Crippen molar-refractivity contribution in [1.29, 1.82) is 0 Å². The van der Waals surface area contributed by atoms with E-state index in [1.54, 1.807) is 6.07 Å². The average molecular weight is 181 g/mol. The molecule has 2 heteroatoms. The second kappa shape index (κ2) is 4.38. The fourth-order valence-corrected chi connectivity index (χ4v) is 1.40. The van der Waals surface area contributed by atoms with E-state index in [0.717, 1.165) is 17.7 Å². The summed E-state index contributed by atoms with van der Waals surface area (Å²) >= 11 is 0. The Labute approximate surface area is 79.0 Å². The van der Waals surface area contributed by atoms with Crippen molar-refractivity contribution < 1.29 is 4.39 Å². The molecule has 72 valence electrons. The Balaban J connectivity index is 2.88. The van der Waals surface area contributed by atoms with Gasteiger partial charge in [-0.15, -0.1) is 0 Å². The molecule has 1 unspecified atom stereocenters. The molecule has 0 radical (unpaired) electrons. The van der Waals surface area contributed by atoms with Crippen LogP contribution in [0.2, 0.25) is 0 Å². The van der Waals surface area contributed by atoms with Gasteiger partial charge in [0, 0.05) is 11.6 Å². The fourth-order valence-electron chi connectivity index (χ4n) is 1.40. The summed E-state index contributed by atoms with van der Waals surface area (Å²) in [6.07, 6.45) is 0. The smallest absolute Gasteiger partial charge is 0.128 e. The van der Waals surface area contributed by atoms with Gasteiger partial charge in [-0.25, -0.2) is 4.39 Å². The van der Waals surface area contributed by atoms with E-state index < -0.39 is 0 Å². The number of halogens is 1. The number of benzene rings is 1. The van der Waals surface area contributed by atoms with Crippen LogP contribution in [-0.2, 0) is 0 Å². The van der Waals surface area contributed by atoms with Crippen LogP contribution in [-0.4, -0.2) is 6.54 Å². The SMILES string of the molecule is CCNC(C)c1ccc(C)cc1F. The zero-order valence-electron chi connectivity index (χ0n) is 8.39. The molecular weight excluding hydrogens is 165 g/mol. The highest BCUT2D eigenvalue weighted by molar-refractivity contribution is 5.25. The summed E-state index contributed by atoms with van der Waals surface area (Å²) in [5, 5.41) is 3.18. The van der Waals surface area contributed by atoms with Gasteiger partial charge in [0.1, 0.15) is 5.82 Å². The van der Waals surface area contributed by atoms with Crippen LogP contribution in [0, 0.1) is 12.7 Å². The first-order chi connectivity index (χ1) is 6.15. The van der Waals surface area contributed by atoms with Gasteiger partial charge in [-0.3, -0.25) is 0 Å². The molecule has 1 atom stereocenters. The average Bonchev–Trinajstić information content (AvgIpc) is 2.04. The maximum absolute atomic E-state index is 13.4. The van der Waals surface area contributed by atoms with Crippen LogP contribution in [0.15, 0.2) is 18.2 Å². The second-order valence-corrected chi connectivity index (χ2v) is 3.30. The molecule has 0 aliphatic rings. The maximum atomic E-state index is 13.4. The molecule has 0 bridgehead atoms. The van der Waals surface area contributed by atoms with E-state index in [1.807, 2.05) is 32.9 Å². The van der Waals surface area contributed by atoms with Crippen LogP contribution >= 0.6 is 0 Å². The number of hydrogen-bond donors (Lipinski definition) is 1. The molecule has 0 aliphatic carbocycles. The molecule has 1 rings (SSSR count). The second-order valence-electron chi connectivity index (χ2n) is 3.30. The van der Waals surface area contributed by atoms with Gasteiger partial charge in [-0.05, 0) is 32.0 Å². The summed E-state index contributed by atoms with van der Waals surface area (Å²) in [5.74, 6) is -0.117. The number of rotatable bonds is 3. The summed E-state index contributed by atoms with van der Waals surface area (Å²) in [5.41, 5.74) is 1.71. The van der Waals surface area contributed by atoms with E-state index >= 15 is 0 Å². The summed E-state index contributed by atoms with van der Waals surface area (Å²) in [6.45, 7) is 6.74. The first-order valence-electron chi connectivity index (χ1n) is 4.64. The van der Waals surface area contributed by atoms with Crippen LogP contribution in [0.3, 0.4) is 0 Å². The molecule has 13 heavy (non-hydrogen) atoms. The van der Waals surface area contributed by atoms with E-state index in [9.17, 15) is 4.39 Å². The van der Waals surface area contributed by atoms with Crippen LogP contribution in [0.5, 0.6) is 0 Å². The van der Waals surface area contributed by atoms with Gasteiger partial charge in [-0.1, -0.05) is 19.1 Å². The highest BCUT2D eigenvalue weighted by Crippen LogP contribution is 2.17. The van der Waals surface area contributed by atoms with Crippen molar-refractivity contribution in [3.05, 3.63) is 35.1 Å². The molecule has 0 amide bonds. The third-order valence-electron chi connectivity index (χ3n) is 2.13. The van der Waals surface area contributed by atoms with E-state index in [4.69, 9.17) is 0 Å². The quantitative estimate of drug-likeness (QED) is 0.756. The first-order valence-corrected chi connectivity index (χ1v) is 4.64. The lowest BCUT2D eigenvalue weighted by molar-refractivity contribution is 0.540. The van der Waals surface area contributed by atoms with Crippen LogP contribution < -0.4 is 5.32 Å². The molecule has 1 N–H and O–H groups in total. The number of hydrogen-bond acceptors (Lipinski definition) is 1. The maximum Gasteiger partial charge on any atom is 0.128 e. The Kier molecular flexibility index (Phi) is 3.43. The van der Waals surface area contributed by atoms with Crippen LogP contribution in [0.1, 0.15) is 31.0 Å². The Morgan fingerprint density at radius 1 is 1.46 bits per heavy atom. The van der Waals surface area contributed by atoms with Crippen molar-refractivity contribution in [2.24, 2.45) is 0 Å². The molecule has 0 saturated carbocycles. The standard InChI is InChI=1S/C11H16FN/c1-4-13-9(3)10-6-5-8(2)7-11(10)12/h5-7,9,13H,4H2,1-3H3. The van der Waals surface area contributed by atoms with Crippen LogP contribution in [0.4, 0.5) is 4.39 Å². The first kappa shape index (κ1) is 10.2. The van der Waals surface area contributed by atoms with E-state index in [0.29, 0.717) is 0 Å². The monoisotopic (exact) mass is 181 g/mol. The third-order valence-corrected chi connectivity index (χ3v) is 2.13. The van der Waals surface area contributed by atoms with Crippen molar-refractivity contribution in [3.8, 4) is 0 Å². The molecule has 0 aromatic heterocycles. The summed E-state index contributed by atoms with van der Waals surface area (Å²) in [6, 6.07) is 5.44. The molecule has 0 fully saturated rings.